The van der Waals surface area contributed by atoms with Crippen LogP contribution in [-0.2, 0) is 14.3 Å². The zero-order chi connectivity index (χ0) is 16.8. The quantitative estimate of drug-likeness (QED) is 0.669. The van der Waals surface area contributed by atoms with Crippen LogP contribution in [0.1, 0.15) is 21.6 Å². The second-order valence-corrected chi connectivity index (χ2v) is 6.26. The van der Waals surface area contributed by atoms with Crippen LogP contribution in [0.15, 0.2) is 35.7 Å². The van der Waals surface area contributed by atoms with Gasteiger partial charge in [0, 0.05) is 16.6 Å². The van der Waals surface area contributed by atoms with Gasteiger partial charge in [0.1, 0.15) is 0 Å². The van der Waals surface area contributed by atoms with E-state index in [1.165, 1.54) is 17.4 Å². The average Bonchev–Trinajstić information content (AvgIpc) is 3.00. The maximum atomic E-state index is 11.9. The summed E-state index contributed by atoms with van der Waals surface area (Å²) in [5.74, 6) is -0.885. The number of anilines is 1. The van der Waals surface area contributed by atoms with Crippen LogP contribution in [0.25, 0.3) is 6.08 Å². The Labute approximate surface area is 139 Å². The summed E-state index contributed by atoms with van der Waals surface area (Å²) in [6, 6.07) is 7.79. The van der Waals surface area contributed by atoms with Crippen LogP contribution in [0.5, 0.6) is 0 Å². The standard InChI is InChI=1S/C18H19NO3S/c1-12-9-13(2)18(14(3)10-12)19-16(20)11-22-17(21)7-6-15-5-4-8-23-15/h4-10H,11H2,1-3H3,(H,19,20). The van der Waals surface area contributed by atoms with Gasteiger partial charge in [0.25, 0.3) is 5.91 Å². The number of thiophene rings is 1. The van der Waals surface area contributed by atoms with Gasteiger partial charge in [-0.1, -0.05) is 23.8 Å². The molecule has 0 radical (unpaired) electrons. The fraction of sp³-hybridized carbons (Fsp3) is 0.222. The van der Waals surface area contributed by atoms with E-state index >= 15 is 0 Å². The topological polar surface area (TPSA) is 55.4 Å². The van der Waals surface area contributed by atoms with Crippen LogP contribution in [0, 0.1) is 20.8 Å². The molecule has 0 saturated heterocycles. The van der Waals surface area contributed by atoms with Crippen molar-refractivity contribution in [3.8, 4) is 0 Å². The van der Waals surface area contributed by atoms with Crippen molar-refractivity contribution in [2.45, 2.75) is 20.8 Å². The molecule has 2 aromatic rings. The number of rotatable bonds is 5. The molecule has 0 unspecified atom stereocenters. The molecule has 0 fully saturated rings. The van der Waals surface area contributed by atoms with Crippen molar-refractivity contribution in [2.24, 2.45) is 0 Å². The summed E-state index contributed by atoms with van der Waals surface area (Å²) in [6.45, 7) is 5.57. The predicted molar refractivity (Wildman–Crippen MR) is 93.6 cm³/mol. The third kappa shape index (κ3) is 5.07. The zero-order valence-corrected chi connectivity index (χ0v) is 14.2. The lowest BCUT2D eigenvalue weighted by Gasteiger charge is -2.12. The molecule has 0 saturated carbocycles. The van der Waals surface area contributed by atoms with Crippen molar-refractivity contribution >= 4 is 35.0 Å². The van der Waals surface area contributed by atoms with Gasteiger partial charge in [-0.25, -0.2) is 4.79 Å². The van der Waals surface area contributed by atoms with E-state index in [2.05, 4.69) is 5.32 Å². The average molecular weight is 329 g/mol. The van der Waals surface area contributed by atoms with Crippen molar-refractivity contribution in [3.63, 3.8) is 0 Å². The van der Waals surface area contributed by atoms with Crippen molar-refractivity contribution < 1.29 is 14.3 Å². The van der Waals surface area contributed by atoms with Crippen LogP contribution in [0.2, 0.25) is 0 Å². The van der Waals surface area contributed by atoms with Crippen LogP contribution in [0.4, 0.5) is 5.69 Å². The number of hydrogen-bond donors (Lipinski definition) is 1. The summed E-state index contributed by atoms with van der Waals surface area (Å²) in [7, 11) is 0. The third-order valence-electron chi connectivity index (χ3n) is 3.21. The van der Waals surface area contributed by atoms with Crippen LogP contribution < -0.4 is 5.32 Å². The number of nitrogens with one attached hydrogen (secondary N) is 1. The number of esters is 1. The first kappa shape index (κ1) is 17.0. The minimum absolute atomic E-state index is 0.305. The maximum Gasteiger partial charge on any atom is 0.331 e. The Morgan fingerprint density at radius 2 is 1.91 bits per heavy atom. The normalized spacial score (nSPS) is 10.7. The van der Waals surface area contributed by atoms with E-state index in [0.29, 0.717) is 0 Å². The van der Waals surface area contributed by atoms with Gasteiger partial charge < -0.3 is 10.1 Å². The summed E-state index contributed by atoms with van der Waals surface area (Å²) in [5, 5.41) is 4.71. The fourth-order valence-corrected chi connectivity index (χ4v) is 2.89. The number of aryl methyl sites for hydroxylation is 3. The molecular formula is C18H19NO3S. The van der Waals surface area contributed by atoms with Gasteiger partial charge in [-0.05, 0) is 49.4 Å². The number of hydrogen-bond acceptors (Lipinski definition) is 4. The molecule has 0 aliphatic heterocycles. The SMILES string of the molecule is Cc1cc(C)c(NC(=O)COC(=O)C=Cc2cccs2)c(C)c1. The molecule has 0 spiro atoms. The minimum Gasteiger partial charge on any atom is -0.452 e. The Bertz CT molecular complexity index is 710. The Hall–Kier alpha value is -2.40. The molecule has 1 N–H and O–H groups in total. The van der Waals surface area contributed by atoms with Crippen molar-refractivity contribution in [2.75, 3.05) is 11.9 Å². The Morgan fingerprint density at radius 1 is 1.22 bits per heavy atom. The molecule has 120 valence electrons. The van der Waals surface area contributed by atoms with Crippen molar-refractivity contribution in [3.05, 3.63) is 57.3 Å². The molecule has 4 nitrogen and oxygen atoms in total. The molecule has 1 amide bonds. The second kappa shape index (κ2) is 7.74. The van der Waals surface area contributed by atoms with Gasteiger partial charge in [0.2, 0.25) is 0 Å². The van der Waals surface area contributed by atoms with Gasteiger partial charge in [-0.2, -0.15) is 0 Å². The Balaban J connectivity index is 1.87. The molecule has 1 aromatic heterocycles. The molecule has 0 aliphatic carbocycles. The number of ether oxygens (including phenoxy) is 1. The molecule has 0 bridgehead atoms. The Morgan fingerprint density at radius 3 is 2.52 bits per heavy atom. The minimum atomic E-state index is -0.536. The van der Waals surface area contributed by atoms with Gasteiger partial charge in [-0.3, -0.25) is 4.79 Å². The lowest BCUT2D eigenvalue weighted by molar-refractivity contribution is -0.142. The van der Waals surface area contributed by atoms with Gasteiger partial charge in [0.15, 0.2) is 6.61 Å². The van der Waals surface area contributed by atoms with E-state index < -0.39 is 5.97 Å². The largest absolute Gasteiger partial charge is 0.452 e. The summed E-state index contributed by atoms with van der Waals surface area (Å²) in [6.07, 6.45) is 2.99. The lowest BCUT2D eigenvalue weighted by atomic mass is 10.1. The zero-order valence-electron chi connectivity index (χ0n) is 13.4. The highest BCUT2D eigenvalue weighted by atomic mass is 32.1. The molecule has 2 rings (SSSR count). The maximum absolute atomic E-state index is 11.9. The number of benzene rings is 1. The molecule has 0 aliphatic rings. The summed E-state index contributed by atoms with van der Waals surface area (Å²) in [4.78, 5) is 24.5. The van der Waals surface area contributed by atoms with E-state index in [9.17, 15) is 9.59 Å². The highest BCUT2D eigenvalue weighted by molar-refractivity contribution is 7.10. The molecule has 23 heavy (non-hydrogen) atoms. The monoisotopic (exact) mass is 329 g/mol. The summed E-state index contributed by atoms with van der Waals surface area (Å²) < 4.78 is 4.94. The highest BCUT2D eigenvalue weighted by Gasteiger charge is 2.10. The van der Waals surface area contributed by atoms with Gasteiger partial charge in [-0.15, -0.1) is 11.3 Å². The van der Waals surface area contributed by atoms with Gasteiger partial charge in [0.05, 0.1) is 0 Å². The smallest absolute Gasteiger partial charge is 0.331 e. The molecule has 1 heterocycles. The van der Waals surface area contributed by atoms with E-state index in [0.717, 1.165) is 27.3 Å². The molecule has 0 atom stereocenters. The molecular weight excluding hydrogens is 310 g/mol. The Kier molecular flexibility index (Phi) is 5.71. The van der Waals surface area contributed by atoms with E-state index in [1.54, 1.807) is 6.08 Å². The van der Waals surface area contributed by atoms with Crippen molar-refractivity contribution in [1.82, 2.24) is 0 Å². The first-order valence-electron chi connectivity index (χ1n) is 7.22. The number of carbonyl (C=O) groups is 2. The molecule has 1 aromatic carbocycles. The van der Waals surface area contributed by atoms with Crippen LogP contribution in [-0.4, -0.2) is 18.5 Å². The van der Waals surface area contributed by atoms with E-state index in [1.807, 2.05) is 50.4 Å². The summed E-state index contributed by atoms with van der Waals surface area (Å²) in [5.41, 5.74) is 3.88. The second-order valence-electron chi connectivity index (χ2n) is 5.28. The van der Waals surface area contributed by atoms with E-state index in [-0.39, 0.29) is 12.5 Å². The first-order valence-corrected chi connectivity index (χ1v) is 8.09. The van der Waals surface area contributed by atoms with Crippen LogP contribution >= 0.6 is 11.3 Å². The third-order valence-corrected chi connectivity index (χ3v) is 4.05. The summed E-state index contributed by atoms with van der Waals surface area (Å²) >= 11 is 1.52. The van der Waals surface area contributed by atoms with Crippen LogP contribution in [0.3, 0.4) is 0 Å². The number of amides is 1. The fourth-order valence-electron chi connectivity index (χ4n) is 2.27. The van der Waals surface area contributed by atoms with E-state index in [4.69, 9.17) is 4.74 Å². The van der Waals surface area contributed by atoms with Crippen molar-refractivity contribution in [1.29, 1.82) is 0 Å². The highest BCUT2D eigenvalue weighted by Crippen LogP contribution is 2.21. The van der Waals surface area contributed by atoms with Gasteiger partial charge >= 0.3 is 5.97 Å². The first-order chi connectivity index (χ1) is 11.0. The lowest BCUT2D eigenvalue weighted by Crippen LogP contribution is -2.21. The molecule has 5 heteroatoms. The number of carbonyl (C=O) groups excluding carboxylic acids is 2. The predicted octanol–water partition coefficient (Wildman–Crippen LogP) is 3.87.